The van der Waals surface area contributed by atoms with Gasteiger partial charge in [0.05, 0.1) is 25.1 Å². The van der Waals surface area contributed by atoms with Crippen molar-refractivity contribution in [2.24, 2.45) is 0 Å². The number of esters is 1. The van der Waals surface area contributed by atoms with Crippen molar-refractivity contribution in [3.63, 3.8) is 0 Å². The van der Waals surface area contributed by atoms with Crippen LogP contribution in [0.15, 0.2) is 54.9 Å². The summed E-state index contributed by atoms with van der Waals surface area (Å²) < 4.78 is 41.3. The van der Waals surface area contributed by atoms with E-state index in [0.29, 0.717) is 44.8 Å². The number of aromatic nitrogens is 1. The first-order valence-electron chi connectivity index (χ1n) is 10.8. The largest absolute Gasteiger partial charge is 0.460 e. The monoisotopic (exact) mass is 460 g/mol. The zero-order valence-electron chi connectivity index (χ0n) is 17.9. The van der Waals surface area contributed by atoms with E-state index in [9.17, 15) is 13.2 Å². The van der Waals surface area contributed by atoms with Crippen molar-refractivity contribution in [1.29, 1.82) is 0 Å². The van der Waals surface area contributed by atoms with Crippen LogP contribution in [0.5, 0.6) is 0 Å². The van der Waals surface area contributed by atoms with E-state index in [4.69, 9.17) is 9.47 Å². The Labute approximate surface area is 188 Å². The van der Waals surface area contributed by atoms with Crippen LogP contribution >= 0.6 is 0 Å². The molecule has 0 spiro atoms. The lowest BCUT2D eigenvalue weighted by atomic mass is 10.1. The van der Waals surface area contributed by atoms with Crippen LogP contribution < -0.4 is 4.41 Å². The number of anilines is 1. The summed E-state index contributed by atoms with van der Waals surface area (Å²) in [6.07, 6.45) is 4.99. The van der Waals surface area contributed by atoms with Gasteiger partial charge < -0.3 is 9.47 Å². The van der Waals surface area contributed by atoms with Crippen molar-refractivity contribution in [1.82, 2.24) is 14.3 Å². The lowest BCUT2D eigenvalue weighted by molar-refractivity contribution is -0.150. The van der Waals surface area contributed by atoms with Gasteiger partial charge in [-0.3, -0.25) is 9.78 Å². The number of ether oxygens (including phenoxy) is 2. The summed E-state index contributed by atoms with van der Waals surface area (Å²) in [5.74, 6) is -0.523. The molecule has 4 rings (SSSR count). The first kappa shape index (κ1) is 22.7. The maximum atomic E-state index is 13.9. The number of hydrogen-bond donors (Lipinski definition) is 0. The van der Waals surface area contributed by atoms with E-state index in [-0.39, 0.29) is 13.2 Å². The van der Waals surface area contributed by atoms with E-state index < -0.39 is 22.2 Å². The number of benzene rings is 1. The molecule has 2 fully saturated rings. The molecule has 1 unspecified atom stereocenters. The van der Waals surface area contributed by atoms with Gasteiger partial charge in [0, 0.05) is 25.8 Å². The van der Waals surface area contributed by atoms with Crippen molar-refractivity contribution in [3.8, 4) is 0 Å². The third kappa shape index (κ3) is 5.09. The molecule has 0 amide bonds. The van der Waals surface area contributed by atoms with E-state index in [2.05, 4.69) is 4.98 Å². The summed E-state index contributed by atoms with van der Waals surface area (Å²) >= 11 is 0. The lowest BCUT2D eigenvalue weighted by Gasteiger charge is -2.42. The number of hydrazine groups is 1. The zero-order valence-corrected chi connectivity index (χ0v) is 18.7. The van der Waals surface area contributed by atoms with Crippen LogP contribution in [0.2, 0.25) is 0 Å². The standard InChI is InChI=1S/C22H28N4O5S/c27-22(31-18-19-7-2-1-3-8-19)21-10-4-5-12-25(21)32(28,29)26(20-9-6-11-23-17-20)24-13-15-30-16-14-24/h1-3,6-9,11,17,21H,4-5,10,12-16,18H2. The summed E-state index contributed by atoms with van der Waals surface area (Å²) in [4.78, 5) is 17.1. The highest BCUT2D eigenvalue weighted by atomic mass is 32.2. The van der Waals surface area contributed by atoms with Crippen LogP contribution in [-0.2, 0) is 31.1 Å². The Bertz CT molecular complexity index is 984. The molecule has 1 aromatic heterocycles. The van der Waals surface area contributed by atoms with Crippen LogP contribution in [0.4, 0.5) is 5.69 Å². The Morgan fingerprint density at radius 1 is 1.09 bits per heavy atom. The quantitative estimate of drug-likeness (QED) is 0.584. The summed E-state index contributed by atoms with van der Waals surface area (Å²) in [5, 5.41) is 1.73. The number of carbonyl (C=O) groups is 1. The molecule has 0 radical (unpaired) electrons. The highest BCUT2D eigenvalue weighted by Gasteiger charge is 2.43. The Morgan fingerprint density at radius 3 is 2.59 bits per heavy atom. The van der Waals surface area contributed by atoms with Gasteiger partial charge in [-0.25, -0.2) is 5.01 Å². The topological polar surface area (TPSA) is 92.3 Å². The predicted molar refractivity (Wildman–Crippen MR) is 119 cm³/mol. The van der Waals surface area contributed by atoms with Gasteiger partial charge in [-0.2, -0.15) is 17.1 Å². The van der Waals surface area contributed by atoms with E-state index in [1.165, 1.54) is 14.9 Å². The molecule has 172 valence electrons. The van der Waals surface area contributed by atoms with Crippen LogP contribution in [0.1, 0.15) is 24.8 Å². The van der Waals surface area contributed by atoms with Crippen molar-refractivity contribution in [3.05, 3.63) is 60.4 Å². The van der Waals surface area contributed by atoms with E-state index >= 15 is 0 Å². The van der Waals surface area contributed by atoms with Crippen LogP contribution in [0.3, 0.4) is 0 Å². The first-order valence-corrected chi connectivity index (χ1v) is 12.2. The van der Waals surface area contributed by atoms with Gasteiger partial charge in [-0.05, 0) is 37.0 Å². The van der Waals surface area contributed by atoms with Gasteiger partial charge in [-0.1, -0.05) is 30.3 Å². The number of pyridine rings is 1. The number of carbonyl (C=O) groups excluding carboxylic acids is 1. The number of morpholine rings is 1. The predicted octanol–water partition coefficient (Wildman–Crippen LogP) is 1.98. The summed E-state index contributed by atoms with van der Waals surface area (Å²) in [7, 11) is -4.06. The summed E-state index contributed by atoms with van der Waals surface area (Å²) in [6, 6.07) is 11.9. The normalized spacial score (nSPS) is 20.6. The molecular formula is C22H28N4O5S. The minimum atomic E-state index is -4.06. The van der Waals surface area contributed by atoms with Crippen molar-refractivity contribution < 1.29 is 22.7 Å². The second kappa shape index (κ2) is 10.4. The van der Waals surface area contributed by atoms with Crippen molar-refractivity contribution in [2.45, 2.75) is 31.9 Å². The van der Waals surface area contributed by atoms with Gasteiger partial charge >= 0.3 is 16.2 Å². The molecule has 10 heteroatoms. The minimum absolute atomic E-state index is 0.111. The fourth-order valence-electron chi connectivity index (χ4n) is 3.99. The molecule has 1 atom stereocenters. The third-order valence-electron chi connectivity index (χ3n) is 5.58. The Hall–Kier alpha value is -2.53. The fourth-order valence-corrected chi connectivity index (χ4v) is 5.89. The van der Waals surface area contributed by atoms with E-state index in [1.54, 1.807) is 23.3 Å². The van der Waals surface area contributed by atoms with Gasteiger partial charge in [0.15, 0.2) is 0 Å². The Balaban J connectivity index is 1.58. The molecular weight excluding hydrogens is 432 g/mol. The van der Waals surface area contributed by atoms with Crippen molar-refractivity contribution >= 4 is 21.9 Å². The third-order valence-corrected chi connectivity index (χ3v) is 7.48. The maximum absolute atomic E-state index is 13.9. The molecule has 0 aliphatic carbocycles. The minimum Gasteiger partial charge on any atom is -0.460 e. The molecule has 2 aliphatic heterocycles. The molecule has 0 saturated carbocycles. The molecule has 2 aromatic rings. The second-order valence-corrected chi connectivity index (χ2v) is 9.45. The molecule has 9 nitrogen and oxygen atoms in total. The second-order valence-electron chi connectivity index (χ2n) is 7.74. The van der Waals surface area contributed by atoms with Gasteiger partial charge in [0.2, 0.25) is 0 Å². The van der Waals surface area contributed by atoms with Gasteiger partial charge in [0.1, 0.15) is 12.6 Å². The number of piperidine rings is 1. The maximum Gasteiger partial charge on any atom is 0.324 e. The average Bonchev–Trinajstić information content (AvgIpc) is 2.84. The van der Waals surface area contributed by atoms with E-state index in [1.807, 2.05) is 30.3 Å². The van der Waals surface area contributed by atoms with E-state index in [0.717, 1.165) is 12.0 Å². The zero-order chi connectivity index (χ0) is 22.4. The van der Waals surface area contributed by atoms with Crippen LogP contribution in [0.25, 0.3) is 0 Å². The average molecular weight is 461 g/mol. The number of nitrogens with zero attached hydrogens (tertiary/aromatic N) is 4. The van der Waals surface area contributed by atoms with Gasteiger partial charge in [-0.15, -0.1) is 0 Å². The molecule has 1 aromatic carbocycles. The van der Waals surface area contributed by atoms with Crippen LogP contribution in [0, 0.1) is 0 Å². The summed E-state index contributed by atoms with van der Waals surface area (Å²) in [5.41, 5.74) is 1.28. The molecule has 0 bridgehead atoms. The first-order chi connectivity index (χ1) is 15.6. The lowest BCUT2D eigenvalue weighted by Crippen LogP contribution is -2.60. The highest BCUT2D eigenvalue weighted by molar-refractivity contribution is 7.90. The van der Waals surface area contributed by atoms with Gasteiger partial charge in [0.25, 0.3) is 0 Å². The molecule has 3 heterocycles. The molecule has 2 aliphatic rings. The Kier molecular flexibility index (Phi) is 7.36. The number of hydrogen-bond acceptors (Lipinski definition) is 7. The molecule has 0 N–H and O–H groups in total. The molecule has 2 saturated heterocycles. The fraction of sp³-hybridized carbons (Fsp3) is 0.455. The SMILES string of the molecule is O=C(OCc1ccccc1)C1CCCCN1S(=O)(=O)N(c1cccnc1)N1CCOCC1. The number of rotatable bonds is 7. The van der Waals surface area contributed by atoms with Crippen LogP contribution in [-0.4, -0.2) is 67.6 Å². The smallest absolute Gasteiger partial charge is 0.324 e. The highest BCUT2D eigenvalue weighted by Crippen LogP contribution is 2.29. The summed E-state index contributed by atoms with van der Waals surface area (Å²) in [6.45, 7) is 2.06. The van der Waals surface area contributed by atoms with Crippen molar-refractivity contribution in [2.75, 3.05) is 37.3 Å². The Morgan fingerprint density at radius 2 is 1.88 bits per heavy atom. The molecule has 32 heavy (non-hydrogen) atoms.